The molecule has 0 saturated carbocycles. The van der Waals surface area contributed by atoms with Crippen molar-refractivity contribution in [3.05, 3.63) is 12.5 Å². The summed E-state index contributed by atoms with van der Waals surface area (Å²) in [5.74, 6) is 1.05. The van der Waals surface area contributed by atoms with Crippen LogP contribution in [0.3, 0.4) is 0 Å². The Hall–Kier alpha value is -0.990. The van der Waals surface area contributed by atoms with Gasteiger partial charge in [0, 0.05) is 6.20 Å². The number of amidine groups is 1. The maximum absolute atomic E-state index is 5.18. The Bertz CT molecular complexity index is 185. The Kier molecular flexibility index (Phi) is 0.806. The molecule has 0 aromatic heterocycles. The summed E-state index contributed by atoms with van der Waals surface area (Å²) in [6.45, 7) is 2.76. The van der Waals surface area contributed by atoms with Gasteiger partial charge in [0.2, 0.25) is 0 Å². The third-order valence-corrected chi connectivity index (χ3v) is 1.62. The van der Waals surface area contributed by atoms with Crippen LogP contribution in [-0.4, -0.2) is 23.5 Å². The van der Waals surface area contributed by atoms with Crippen LogP contribution in [0.15, 0.2) is 17.5 Å². The van der Waals surface area contributed by atoms with Gasteiger partial charge in [-0.3, -0.25) is 9.89 Å². The van der Waals surface area contributed by atoms with Gasteiger partial charge in [-0.05, 0) is 6.92 Å². The number of ether oxygens (including phenoxy) is 1. The predicted octanol–water partition coefficient (Wildman–Crippen LogP) is 0.548. The van der Waals surface area contributed by atoms with Crippen molar-refractivity contribution in [3.63, 3.8) is 0 Å². The minimum absolute atomic E-state index is 0.171. The molecule has 2 rings (SSSR count). The Balaban J connectivity index is 2.25. The molecule has 48 valence electrons. The third-order valence-electron chi connectivity index (χ3n) is 1.62. The van der Waals surface area contributed by atoms with Crippen molar-refractivity contribution < 1.29 is 4.74 Å². The molecule has 3 heteroatoms. The monoisotopic (exact) mass is 124 g/mol. The lowest BCUT2D eigenvalue weighted by Crippen LogP contribution is -2.27. The van der Waals surface area contributed by atoms with Gasteiger partial charge in [0.1, 0.15) is 12.1 Å². The van der Waals surface area contributed by atoms with Gasteiger partial charge >= 0.3 is 0 Å². The molecule has 0 radical (unpaired) electrons. The summed E-state index contributed by atoms with van der Waals surface area (Å²) in [5.41, 5.74) is 0. The van der Waals surface area contributed by atoms with Crippen molar-refractivity contribution in [3.8, 4) is 0 Å². The number of hydrogen-bond acceptors (Lipinski definition) is 3. The average molecular weight is 124 g/mol. The first-order valence-electron chi connectivity index (χ1n) is 2.99. The van der Waals surface area contributed by atoms with Crippen LogP contribution in [0, 0.1) is 0 Å². The van der Waals surface area contributed by atoms with Crippen LogP contribution in [0.5, 0.6) is 0 Å². The van der Waals surface area contributed by atoms with Gasteiger partial charge in [0.05, 0.1) is 6.54 Å². The maximum Gasteiger partial charge on any atom is 0.195 e. The Morgan fingerprint density at radius 1 is 1.89 bits per heavy atom. The summed E-state index contributed by atoms with van der Waals surface area (Å²) in [5, 5.41) is 0. The normalized spacial score (nSPS) is 30.1. The van der Waals surface area contributed by atoms with E-state index in [0.29, 0.717) is 0 Å². The molecule has 0 N–H and O–H groups in total. The number of aliphatic imine (C=N–C) groups is 1. The topological polar surface area (TPSA) is 24.8 Å². The summed E-state index contributed by atoms with van der Waals surface area (Å²) in [4.78, 5) is 6.21. The van der Waals surface area contributed by atoms with E-state index in [1.165, 1.54) is 0 Å². The van der Waals surface area contributed by atoms with E-state index in [9.17, 15) is 0 Å². The standard InChI is InChI=1S/C6H8N2O/c1-5-7-4-6-8(5)2-3-9-6/h2-3,6H,4H2,1H3. The Labute approximate surface area is 53.6 Å². The molecule has 1 unspecified atom stereocenters. The van der Waals surface area contributed by atoms with Gasteiger partial charge in [-0.25, -0.2) is 0 Å². The summed E-state index contributed by atoms with van der Waals surface area (Å²) < 4.78 is 5.18. The van der Waals surface area contributed by atoms with Gasteiger partial charge in [-0.15, -0.1) is 0 Å². The number of nitrogens with zero attached hydrogens (tertiary/aromatic N) is 2. The Morgan fingerprint density at radius 2 is 2.78 bits per heavy atom. The van der Waals surface area contributed by atoms with Crippen LogP contribution in [0.2, 0.25) is 0 Å². The first kappa shape index (κ1) is 4.85. The molecule has 2 heterocycles. The average Bonchev–Trinajstić information content (AvgIpc) is 2.35. The molecule has 2 aliphatic rings. The molecule has 0 fully saturated rings. The SMILES string of the molecule is CC1=NCC2OC=CN12. The number of fused-ring (bicyclic) bond motifs is 1. The van der Waals surface area contributed by atoms with Crippen LogP contribution < -0.4 is 0 Å². The van der Waals surface area contributed by atoms with Crippen molar-refractivity contribution in [1.82, 2.24) is 4.90 Å². The van der Waals surface area contributed by atoms with Crippen LogP contribution in [0.25, 0.3) is 0 Å². The molecule has 0 saturated heterocycles. The highest BCUT2D eigenvalue weighted by Gasteiger charge is 2.26. The molecule has 2 aliphatic heterocycles. The second-order valence-electron chi connectivity index (χ2n) is 2.17. The van der Waals surface area contributed by atoms with Gasteiger partial charge in [0.15, 0.2) is 6.23 Å². The molecule has 9 heavy (non-hydrogen) atoms. The highest BCUT2D eigenvalue weighted by atomic mass is 16.5. The van der Waals surface area contributed by atoms with E-state index in [2.05, 4.69) is 4.99 Å². The molecular weight excluding hydrogens is 116 g/mol. The third kappa shape index (κ3) is 0.542. The molecule has 0 aromatic carbocycles. The maximum atomic E-state index is 5.18. The molecule has 0 aromatic rings. The highest BCUT2D eigenvalue weighted by molar-refractivity contribution is 5.82. The molecule has 0 bridgehead atoms. The minimum atomic E-state index is 0.171. The van der Waals surface area contributed by atoms with E-state index < -0.39 is 0 Å². The lowest BCUT2D eigenvalue weighted by Gasteiger charge is -2.13. The molecule has 1 atom stereocenters. The van der Waals surface area contributed by atoms with Gasteiger partial charge in [0.25, 0.3) is 0 Å². The highest BCUT2D eigenvalue weighted by Crippen LogP contribution is 2.17. The number of hydrogen-bond donors (Lipinski definition) is 0. The minimum Gasteiger partial charge on any atom is -0.474 e. The quantitative estimate of drug-likeness (QED) is 0.471. The fraction of sp³-hybridized carbons (Fsp3) is 0.500. The van der Waals surface area contributed by atoms with Crippen molar-refractivity contribution >= 4 is 5.84 Å². The van der Waals surface area contributed by atoms with Crippen molar-refractivity contribution in [2.45, 2.75) is 13.2 Å². The molecular formula is C6H8N2O. The fourth-order valence-electron chi connectivity index (χ4n) is 1.09. The van der Waals surface area contributed by atoms with Crippen LogP contribution >= 0.6 is 0 Å². The molecule has 0 spiro atoms. The van der Waals surface area contributed by atoms with E-state index in [1.54, 1.807) is 6.26 Å². The van der Waals surface area contributed by atoms with Gasteiger partial charge in [-0.2, -0.15) is 0 Å². The van der Waals surface area contributed by atoms with E-state index in [1.807, 2.05) is 18.0 Å². The Morgan fingerprint density at radius 3 is 3.56 bits per heavy atom. The van der Waals surface area contributed by atoms with Crippen LogP contribution in [-0.2, 0) is 4.74 Å². The van der Waals surface area contributed by atoms with Crippen molar-refractivity contribution in [1.29, 1.82) is 0 Å². The van der Waals surface area contributed by atoms with Gasteiger partial charge in [-0.1, -0.05) is 0 Å². The second-order valence-corrected chi connectivity index (χ2v) is 2.17. The molecule has 0 aliphatic carbocycles. The first-order valence-corrected chi connectivity index (χ1v) is 2.99. The first-order chi connectivity index (χ1) is 4.38. The summed E-state index contributed by atoms with van der Waals surface area (Å²) in [6, 6.07) is 0. The van der Waals surface area contributed by atoms with Crippen molar-refractivity contribution in [2.24, 2.45) is 4.99 Å². The fourth-order valence-corrected chi connectivity index (χ4v) is 1.09. The molecule has 3 nitrogen and oxygen atoms in total. The summed E-state index contributed by atoms with van der Waals surface area (Å²) in [7, 11) is 0. The second kappa shape index (κ2) is 1.50. The zero-order valence-electron chi connectivity index (χ0n) is 5.24. The van der Waals surface area contributed by atoms with E-state index in [0.717, 1.165) is 12.4 Å². The zero-order chi connectivity index (χ0) is 6.27. The number of rotatable bonds is 0. The van der Waals surface area contributed by atoms with Crippen LogP contribution in [0.4, 0.5) is 0 Å². The lowest BCUT2D eigenvalue weighted by atomic mass is 10.5. The molecule has 0 amide bonds. The summed E-state index contributed by atoms with van der Waals surface area (Å²) >= 11 is 0. The van der Waals surface area contributed by atoms with Gasteiger partial charge < -0.3 is 4.74 Å². The summed E-state index contributed by atoms with van der Waals surface area (Å²) in [6.07, 6.45) is 3.80. The van der Waals surface area contributed by atoms with E-state index in [4.69, 9.17) is 4.74 Å². The van der Waals surface area contributed by atoms with Crippen LogP contribution in [0.1, 0.15) is 6.92 Å². The van der Waals surface area contributed by atoms with E-state index >= 15 is 0 Å². The van der Waals surface area contributed by atoms with Crippen molar-refractivity contribution in [2.75, 3.05) is 6.54 Å². The van der Waals surface area contributed by atoms with E-state index in [-0.39, 0.29) is 6.23 Å². The zero-order valence-corrected chi connectivity index (χ0v) is 5.24. The lowest BCUT2D eigenvalue weighted by molar-refractivity contribution is 0.116. The largest absolute Gasteiger partial charge is 0.474 e. The predicted molar refractivity (Wildman–Crippen MR) is 33.8 cm³/mol. The smallest absolute Gasteiger partial charge is 0.195 e.